The molecule has 0 aromatic heterocycles. The Morgan fingerprint density at radius 1 is 0.833 bits per heavy atom. The van der Waals surface area contributed by atoms with Crippen LogP contribution in [0.25, 0.3) is 0 Å². The third-order valence-electron chi connectivity index (χ3n) is 3.70. The highest BCUT2D eigenvalue weighted by Crippen LogP contribution is 2.00. The van der Waals surface area contributed by atoms with Crippen molar-refractivity contribution in [3.63, 3.8) is 0 Å². The molecule has 15 heteroatoms. The summed E-state index contributed by atoms with van der Waals surface area (Å²) in [5.74, 6) is -6.74. The van der Waals surface area contributed by atoms with Crippen molar-refractivity contribution in [1.82, 2.24) is 16.0 Å². The van der Waals surface area contributed by atoms with Gasteiger partial charge in [0.2, 0.25) is 29.5 Å². The quantitative estimate of drug-likeness (QED) is 0.121. The lowest BCUT2D eigenvalue weighted by Gasteiger charge is -2.24. The van der Waals surface area contributed by atoms with E-state index in [1.165, 1.54) is 6.92 Å². The predicted molar refractivity (Wildman–Crippen MR) is 105 cm³/mol. The van der Waals surface area contributed by atoms with E-state index in [0.717, 1.165) is 0 Å². The fraction of sp³-hybridized carbons (Fsp3) is 0.600. The average molecular weight is 450 g/mol. The van der Waals surface area contributed by atoms with Gasteiger partial charge in [0.1, 0.15) is 24.2 Å². The van der Waals surface area contributed by atoms with Crippen LogP contribution in [0.4, 0.5) is 0 Å². The zero-order valence-electron chi connectivity index (χ0n) is 16.0. The molecule has 0 aliphatic heterocycles. The van der Waals surface area contributed by atoms with E-state index < -0.39 is 78.6 Å². The highest BCUT2D eigenvalue weighted by atomic mass is 32.1. The lowest BCUT2D eigenvalue weighted by atomic mass is 10.1. The Balaban J connectivity index is 5.29. The number of carbonyl (C=O) groups excluding carboxylic acids is 5. The van der Waals surface area contributed by atoms with Gasteiger partial charge < -0.3 is 43.4 Å². The van der Waals surface area contributed by atoms with Gasteiger partial charge in [-0.3, -0.25) is 24.0 Å². The van der Waals surface area contributed by atoms with E-state index in [1.807, 2.05) is 5.32 Å². The number of aliphatic hydroxyl groups excluding tert-OH is 1. The number of carboxylic acids is 1. The zero-order valence-corrected chi connectivity index (χ0v) is 16.9. The molecule has 0 bridgehead atoms. The van der Waals surface area contributed by atoms with Crippen LogP contribution in [-0.4, -0.2) is 81.7 Å². The van der Waals surface area contributed by atoms with Crippen molar-refractivity contribution < 1.29 is 39.0 Å². The van der Waals surface area contributed by atoms with Gasteiger partial charge in [-0.05, 0) is 6.92 Å². The average Bonchev–Trinajstić information content (AvgIpc) is 2.62. The Hall–Kier alpha value is -2.91. The van der Waals surface area contributed by atoms with Crippen molar-refractivity contribution in [2.24, 2.45) is 17.2 Å². The Morgan fingerprint density at radius 2 is 1.23 bits per heavy atom. The van der Waals surface area contributed by atoms with Crippen LogP contribution >= 0.6 is 12.6 Å². The number of thiol groups is 1. The lowest BCUT2D eigenvalue weighted by Crippen LogP contribution is -2.59. The first kappa shape index (κ1) is 27.1. The second-order valence-corrected chi connectivity index (χ2v) is 6.68. The number of carbonyl (C=O) groups is 6. The molecule has 0 saturated heterocycles. The van der Waals surface area contributed by atoms with Crippen molar-refractivity contribution in [1.29, 1.82) is 0 Å². The molecule has 170 valence electrons. The maximum Gasteiger partial charge on any atom is 0.326 e. The second-order valence-electron chi connectivity index (χ2n) is 6.31. The summed E-state index contributed by atoms with van der Waals surface area (Å²) >= 11 is 3.89. The Bertz CT molecular complexity index is 688. The Labute approximate surface area is 176 Å². The fourth-order valence-electron chi connectivity index (χ4n) is 2.04. The summed E-state index contributed by atoms with van der Waals surface area (Å²) in [4.78, 5) is 69.9. The predicted octanol–water partition coefficient (Wildman–Crippen LogP) is -5.09. The van der Waals surface area contributed by atoms with Gasteiger partial charge in [-0.2, -0.15) is 12.6 Å². The van der Waals surface area contributed by atoms with Crippen LogP contribution < -0.4 is 33.2 Å². The number of primary amides is 2. The highest BCUT2D eigenvalue weighted by Gasteiger charge is 2.31. The van der Waals surface area contributed by atoms with Crippen LogP contribution in [0.2, 0.25) is 0 Å². The molecule has 5 amide bonds. The number of aliphatic carboxylic acids is 1. The summed E-state index contributed by atoms with van der Waals surface area (Å²) in [6, 6.07) is -5.97. The number of nitrogens with two attached hydrogens (primary N) is 3. The van der Waals surface area contributed by atoms with Crippen LogP contribution in [0.15, 0.2) is 0 Å². The van der Waals surface area contributed by atoms with Gasteiger partial charge in [-0.25, -0.2) is 4.79 Å². The molecule has 0 rings (SSSR count). The van der Waals surface area contributed by atoms with Crippen LogP contribution in [-0.2, 0) is 28.8 Å². The molecule has 0 radical (unpaired) electrons. The van der Waals surface area contributed by atoms with Crippen LogP contribution in [0.5, 0.6) is 0 Å². The number of hydrogen-bond donors (Lipinski definition) is 9. The SMILES string of the molecule is CC(O)C(N)C(=O)NC(CC(N)=O)C(=O)NC(CS)C(=O)NC(CC(N)=O)C(=O)O. The molecular weight excluding hydrogens is 424 g/mol. The maximum atomic E-state index is 12.4. The molecule has 11 N–H and O–H groups in total. The van der Waals surface area contributed by atoms with Gasteiger partial charge in [0.15, 0.2) is 0 Å². The van der Waals surface area contributed by atoms with Gasteiger partial charge in [0.05, 0.1) is 18.9 Å². The minimum absolute atomic E-state index is 0.301. The van der Waals surface area contributed by atoms with Gasteiger partial charge in [0.25, 0.3) is 0 Å². The van der Waals surface area contributed by atoms with Gasteiger partial charge in [0, 0.05) is 5.75 Å². The van der Waals surface area contributed by atoms with E-state index in [0.29, 0.717) is 0 Å². The van der Waals surface area contributed by atoms with Crippen LogP contribution in [0, 0.1) is 0 Å². The van der Waals surface area contributed by atoms with Gasteiger partial charge in [-0.1, -0.05) is 0 Å². The van der Waals surface area contributed by atoms with Crippen molar-refractivity contribution >= 4 is 48.1 Å². The van der Waals surface area contributed by atoms with Gasteiger partial charge in [-0.15, -0.1) is 0 Å². The molecule has 0 aromatic rings. The third-order valence-corrected chi connectivity index (χ3v) is 4.06. The summed E-state index contributed by atoms with van der Waals surface area (Å²) in [6.07, 6.45) is -2.59. The lowest BCUT2D eigenvalue weighted by molar-refractivity contribution is -0.143. The van der Waals surface area contributed by atoms with Crippen LogP contribution in [0.1, 0.15) is 19.8 Å². The summed E-state index contributed by atoms with van der Waals surface area (Å²) in [5, 5.41) is 24.7. The minimum atomic E-state index is -1.64. The van der Waals surface area contributed by atoms with E-state index in [4.69, 9.17) is 22.3 Å². The topological polar surface area (TPSA) is 257 Å². The van der Waals surface area contributed by atoms with Crippen LogP contribution in [0.3, 0.4) is 0 Å². The number of rotatable bonds is 13. The van der Waals surface area contributed by atoms with Crippen molar-refractivity contribution in [3.05, 3.63) is 0 Å². The van der Waals surface area contributed by atoms with E-state index >= 15 is 0 Å². The first-order valence-electron chi connectivity index (χ1n) is 8.55. The monoisotopic (exact) mass is 450 g/mol. The largest absolute Gasteiger partial charge is 0.480 e. The standard InChI is InChI=1S/C15H26N6O8S/c1-5(22)11(18)14(27)19-6(2-9(16)23)12(25)21-8(4-30)13(26)20-7(15(28)29)3-10(17)24/h5-8,11,22,30H,2-4,18H2,1H3,(H2,16,23)(H2,17,24)(H,19,27)(H,20,26)(H,21,25)(H,28,29). The first-order valence-corrected chi connectivity index (χ1v) is 9.18. The summed E-state index contributed by atoms with van der Waals surface area (Å²) < 4.78 is 0. The molecule has 0 spiro atoms. The van der Waals surface area contributed by atoms with Crippen molar-refractivity contribution in [3.8, 4) is 0 Å². The van der Waals surface area contributed by atoms with Gasteiger partial charge >= 0.3 is 5.97 Å². The molecule has 0 saturated carbocycles. The molecule has 0 aliphatic carbocycles. The number of nitrogens with one attached hydrogen (secondary N) is 3. The van der Waals surface area contributed by atoms with Crippen molar-refractivity contribution in [2.45, 2.75) is 50.0 Å². The zero-order chi connectivity index (χ0) is 23.6. The summed E-state index contributed by atoms with van der Waals surface area (Å²) in [5.41, 5.74) is 15.4. The highest BCUT2D eigenvalue weighted by molar-refractivity contribution is 7.80. The number of hydrogen-bond acceptors (Lipinski definition) is 9. The number of carboxylic acid groups (broad SMARTS) is 1. The molecule has 0 aromatic carbocycles. The fourth-order valence-corrected chi connectivity index (χ4v) is 2.29. The minimum Gasteiger partial charge on any atom is -0.480 e. The molecule has 5 unspecified atom stereocenters. The smallest absolute Gasteiger partial charge is 0.326 e. The molecular formula is C15H26N6O8S. The summed E-state index contributed by atoms with van der Waals surface area (Å²) in [7, 11) is 0. The van der Waals surface area contributed by atoms with Crippen molar-refractivity contribution in [2.75, 3.05) is 5.75 Å². The summed E-state index contributed by atoms with van der Waals surface area (Å²) in [6.45, 7) is 1.24. The Kier molecular flexibility index (Phi) is 11.4. The second kappa shape index (κ2) is 12.6. The molecule has 30 heavy (non-hydrogen) atoms. The molecule has 14 nitrogen and oxygen atoms in total. The third kappa shape index (κ3) is 9.53. The van der Waals surface area contributed by atoms with E-state index in [1.54, 1.807) is 0 Å². The molecule has 0 aliphatic rings. The molecule has 0 heterocycles. The molecule has 5 atom stereocenters. The molecule has 0 fully saturated rings. The number of amides is 5. The normalized spacial score (nSPS) is 15.6. The number of aliphatic hydroxyl groups is 1. The van der Waals surface area contributed by atoms with E-state index in [2.05, 4.69) is 23.3 Å². The Morgan fingerprint density at radius 3 is 1.63 bits per heavy atom. The van der Waals surface area contributed by atoms with E-state index in [-0.39, 0.29) is 5.75 Å². The first-order chi connectivity index (χ1) is 13.8. The maximum absolute atomic E-state index is 12.4. The van der Waals surface area contributed by atoms with E-state index in [9.17, 15) is 33.9 Å².